The molecule has 2 atom stereocenters. The molecule has 16 heavy (non-hydrogen) atoms. The van der Waals surface area contributed by atoms with Crippen molar-refractivity contribution >= 4 is 22.3 Å². The zero-order chi connectivity index (χ0) is 11.7. The lowest BCUT2D eigenvalue weighted by Gasteiger charge is -2.34. The fourth-order valence-electron chi connectivity index (χ4n) is 2.39. The Hall–Kier alpha value is -0.900. The van der Waals surface area contributed by atoms with Crippen LogP contribution in [0.25, 0.3) is 0 Å². The first-order valence-electron chi connectivity index (χ1n) is 5.78. The van der Waals surface area contributed by atoms with Gasteiger partial charge in [0.2, 0.25) is 0 Å². The molecule has 4 heteroatoms. The number of aromatic nitrogens is 1. The summed E-state index contributed by atoms with van der Waals surface area (Å²) in [5.74, 6) is 1.55. The van der Waals surface area contributed by atoms with Crippen molar-refractivity contribution < 1.29 is 4.79 Å². The topological polar surface area (TPSA) is 33.2 Å². The van der Waals surface area contributed by atoms with Gasteiger partial charge in [0.1, 0.15) is 0 Å². The van der Waals surface area contributed by atoms with Crippen LogP contribution in [0.2, 0.25) is 0 Å². The largest absolute Gasteiger partial charge is 0.348 e. The molecule has 3 nitrogen and oxygen atoms in total. The quantitative estimate of drug-likeness (QED) is 0.743. The summed E-state index contributed by atoms with van der Waals surface area (Å²) >= 11 is 1.52. The summed E-state index contributed by atoms with van der Waals surface area (Å²) in [6.45, 7) is 8.29. The van der Waals surface area contributed by atoms with Gasteiger partial charge in [0.15, 0.2) is 10.9 Å². The van der Waals surface area contributed by atoms with Crippen molar-refractivity contribution in [1.82, 2.24) is 4.98 Å². The van der Waals surface area contributed by atoms with E-state index in [0.29, 0.717) is 11.8 Å². The van der Waals surface area contributed by atoms with Gasteiger partial charge in [0.25, 0.3) is 0 Å². The summed E-state index contributed by atoms with van der Waals surface area (Å²) in [5, 5.41) is 1.00. The number of anilines is 1. The van der Waals surface area contributed by atoms with Crippen LogP contribution in [-0.2, 0) is 0 Å². The van der Waals surface area contributed by atoms with Crippen LogP contribution in [0.15, 0.2) is 6.20 Å². The molecule has 0 aromatic carbocycles. The van der Waals surface area contributed by atoms with Crippen LogP contribution >= 0.6 is 11.3 Å². The maximum Gasteiger partial charge on any atom is 0.185 e. The predicted octanol–water partition coefficient (Wildman–Crippen LogP) is 2.83. The Morgan fingerprint density at radius 1 is 1.44 bits per heavy atom. The average Bonchev–Trinajstić information content (AvgIpc) is 2.64. The highest BCUT2D eigenvalue weighted by Crippen LogP contribution is 2.29. The molecule has 0 saturated carbocycles. The third kappa shape index (κ3) is 2.43. The minimum Gasteiger partial charge on any atom is -0.348 e. The molecule has 0 bridgehead atoms. The number of hydrogen-bond donors (Lipinski definition) is 0. The van der Waals surface area contributed by atoms with Crippen molar-refractivity contribution in [3.8, 4) is 0 Å². The molecular weight excluding hydrogens is 220 g/mol. The summed E-state index contributed by atoms with van der Waals surface area (Å²) in [6.07, 6.45) is 2.99. The number of ketones is 1. The lowest BCUT2D eigenvalue weighted by Crippen LogP contribution is -2.38. The fraction of sp³-hybridized carbons (Fsp3) is 0.667. The van der Waals surface area contributed by atoms with Crippen LogP contribution in [0.1, 0.15) is 36.9 Å². The highest BCUT2D eigenvalue weighted by Gasteiger charge is 2.24. The van der Waals surface area contributed by atoms with Crippen LogP contribution in [-0.4, -0.2) is 23.9 Å². The summed E-state index contributed by atoms with van der Waals surface area (Å²) in [5.41, 5.74) is 0. The van der Waals surface area contributed by atoms with E-state index in [1.165, 1.54) is 17.8 Å². The first-order valence-corrected chi connectivity index (χ1v) is 6.59. The molecule has 0 amide bonds. The van der Waals surface area contributed by atoms with E-state index in [0.717, 1.165) is 23.1 Å². The van der Waals surface area contributed by atoms with Gasteiger partial charge in [-0.15, -0.1) is 0 Å². The molecule has 1 aliphatic heterocycles. The van der Waals surface area contributed by atoms with E-state index < -0.39 is 0 Å². The standard InChI is InChI=1S/C12H18N2OS/c1-8-4-9(2)7-14(6-8)12-13-5-11(16-12)10(3)15/h5,8-9H,4,6-7H2,1-3H3. The summed E-state index contributed by atoms with van der Waals surface area (Å²) in [7, 11) is 0. The second kappa shape index (κ2) is 4.53. The summed E-state index contributed by atoms with van der Waals surface area (Å²) in [4.78, 5) is 18.7. The van der Waals surface area contributed by atoms with Gasteiger partial charge in [0.05, 0.1) is 11.1 Å². The Morgan fingerprint density at radius 2 is 2.06 bits per heavy atom. The Kier molecular flexibility index (Phi) is 3.28. The van der Waals surface area contributed by atoms with Gasteiger partial charge >= 0.3 is 0 Å². The monoisotopic (exact) mass is 238 g/mol. The molecule has 2 heterocycles. The minimum atomic E-state index is 0.113. The zero-order valence-electron chi connectivity index (χ0n) is 10.1. The van der Waals surface area contributed by atoms with Crippen molar-refractivity contribution in [3.63, 3.8) is 0 Å². The lowest BCUT2D eigenvalue weighted by atomic mass is 9.92. The van der Waals surface area contributed by atoms with Gasteiger partial charge in [-0.05, 0) is 18.3 Å². The van der Waals surface area contributed by atoms with Crippen LogP contribution in [0.3, 0.4) is 0 Å². The second-order valence-electron chi connectivity index (χ2n) is 4.91. The lowest BCUT2D eigenvalue weighted by molar-refractivity contribution is 0.102. The first-order chi connectivity index (χ1) is 7.56. The number of carbonyl (C=O) groups is 1. The number of carbonyl (C=O) groups excluding carboxylic acids is 1. The van der Waals surface area contributed by atoms with Crippen LogP contribution in [0.4, 0.5) is 5.13 Å². The Balaban J connectivity index is 2.13. The van der Waals surface area contributed by atoms with Crippen molar-refractivity contribution in [3.05, 3.63) is 11.1 Å². The molecular formula is C12H18N2OS. The minimum absolute atomic E-state index is 0.113. The Morgan fingerprint density at radius 3 is 2.56 bits per heavy atom. The van der Waals surface area contributed by atoms with E-state index in [1.54, 1.807) is 13.1 Å². The van der Waals surface area contributed by atoms with E-state index in [1.807, 2.05) is 0 Å². The molecule has 1 aliphatic rings. The van der Waals surface area contributed by atoms with Crippen molar-refractivity contribution in [2.45, 2.75) is 27.2 Å². The molecule has 1 aromatic rings. The molecule has 1 saturated heterocycles. The fourth-order valence-corrected chi connectivity index (χ4v) is 3.22. The number of Topliss-reactive ketones (excluding diaryl/α,β-unsaturated/α-hetero) is 1. The van der Waals surface area contributed by atoms with E-state index in [4.69, 9.17) is 0 Å². The van der Waals surface area contributed by atoms with Gasteiger partial charge in [-0.3, -0.25) is 4.79 Å². The smallest absolute Gasteiger partial charge is 0.185 e. The van der Waals surface area contributed by atoms with E-state index >= 15 is 0 Å². The Bertz CT molecular complexity index is 378. The number of piperidine rings is 1. The molecule has 2 unspecified atom stereocenters. The van der Waals surface area contributed by atoms with E-state index in [2.05, 4.69) is 23.7 Å². The van der Waals surface area contributed by atoms with E-state index in [-0.39, 0.29) is 5.78 Å². The average molecular weight is 238 g/mol. The summed E-state index contributed by atoms with van der Waals surface area (Å²) < 4.78 is 0. The third-order valence-corrected chi connectivity index (χ3v) is 4.14. The number of hydrogen-bond acceptors (Lipinski definition) is 4. The number of rotatable bonds is 2. The second-order valence-corrected chi connectivity index (χ2v) is 5.92. The number of nitrogens with zero attached hydrogens (tertiary/aromatic N) is 2. The van der Waals surface area contributed by atoms with Crippen molar-refractivity contribution in [2.24, 2.45) is 11.8 Å². The number of thiazole rings is 1. The molecule has 0 spiro atoms. The van der Waals surface area contributed by atoms with Gasteiger partial charge in [-0.2, -0.15) is 0 Å². The zero-order valence-corrected chi connectivity index (χ0v) is 10.9. The maximum absolute atomic E-state index is 11.2. The Labute approximate surface area is 100 Å². The van der Waals surface area contributed by atoms with Gasteiger partial charge in [-0.1, -0.05) is 25.2 Å². The predicted molar refractivity (Wildman–Crippen MR) is 67.3 cm³/mol. The SMILES string of the molecule is CC(=O)c1cnc(N2CC(C)CC(C)C2)s1. The van der Waals surface area contributed by atoms with E-state index in [9.17, 15) is 4.79 Å². The van der Waals surface area contributed by atoms with Gasteiger partial charge in [-0.25, -0.2) is 4.98 Å². The summed E-state index contributed by atoms with van der Waals surface area (Å²) in [6, 6.07) is 0. The molecule has 0 N–H and O–H groups in total. The van der Waals surface area contributed by atoms with Crippen LogP contribution in [0, 0.1) is 11.8 Å². The van der Waals surface area contributed by atoms with Crippen molar-refractivity contribution in [1.29, 1.82) is 0 Å². The molecule has 2 rings (SSSR count). The van der Waals surface area contributed by atoms with Crippen LogP contribution in [0.5, 0.6) is 0 Å². The highest BCUT2D eigenvalue weighted by atomic mass is 32.1. The maximum atomic E-state index is 11.2. The molecule has 88 valence electrons. The van der Waals surface area contributed by atoms with Crippen molar-refractivity contribution in [2.75, 3.05) is 18.0 Å². The van der Waals surface area contributed by atoms with Gasteiger partial charge in [0, 0.05) is 20.0 Å². The van der Waals surface area contributed by atoms with Crippen LogP contribution < -0.4 is 4.90 Å². The van der Waals surface area contributed by atoms with Gasteiger partial charge < -0.3 is 4.90 Å². The normalized spacial score (nSPS) is 25.8. The molecule has 0 aliphatic carbocycles. The molecule has 1 aromatic heterocycles. The first kappa shape index (κ1) is 11.6. The molecule has 0 radical (unpaired) electrons. The highest BCUT2D eigenvalue weighted by molar-refractivity contribution is 7.17. The third-order valence-electron chi connectivity index (χ3n) is 2.98. The molecule has 1 fully saturated rings.